The Bertz CT molecular complexity index is 354. The van der Waals surface area contributed by atoms with Gasteiger partial charge in [0.05, 0.1) is 17.7 Å². The van der Waals surface area contributed by atoms with E-state index in [0.29, 0.717) is 12.0 Å². The van der Waals surface area contributed by atoms with Crippen LogP contribution in [0.5, 0.6) is 0 Å². The molecule has 0 saturated carbocycles. The number of rotatable bonds is 5. The summed E-state index contributed by atoms with van der Waals surface area (Å²) in [5.41, 5.74) is 0.575. The molecule has 4 nitrogen and oxygen atoms in total. The maximum Gasteiger partial charge on any atom is 0.251 e. The monoisotopic (exact) mass is 240 g/mol. The molecule has 0 fully saturated rings. The van der Waals surface area contributed by atoms with Crippen LogP contribution in [0.4, 0.5) is 0 Å². The number of hydrogen-bond acceptors (Lipinski definition) is 4. The van der Waals surface area contributed by atoms with Crippen LogP contribution in [-0.2, 0) is 0 Å². The molecule has 0 aliphatic rings. The van der Waals surface area contributed by atoms with E-state index < -0.39 is 0 Å². The SMILES string of the molecule is CCC(CO)NC(=O)c1ccnc(SC)c1. The van der Waals surface area contributed by atoms with Crippen LogP contribution in [0.2, 0.25) is 0 Å². The zero-order valence-electron chi connectivity index (χ0n) is 9.43. The Kier molecular flexibility index (Phi) is 5.28. The summed E-state index contributed by atoms with van der Waals surface area (Å²) in [6, 6.07) is 3.22. The maximum absolute atomic E-state index is 11.8. The van der Waals surface area contributed by atoms with Gasteiger partial charge in [0.1, 0.15) is 0 Å². The van der Waals surface area contributed by atoms with Crippen molar-refractivity contribution in [2.24, 2.45) is 0 Å². The van der Waals surface area contributed by atoms with Crippen molar-refractivity contribution in [2.45, 2.75) is 24.4 Å². The second kappa shape index (κ2) is 6.50. The lowest BCUT2D eigenvalue weighted by Crippen LogP contribution is -2.36. The number of hydrogen-bond donors (Lipinski definition) is 2. The summed E-state index contributed by atoms with van der Waals surface area (Å²) in [4.78, 5) is 15.9. The van der Waals surface area contributed by atoms with E-state index in [1.807, 2.05) is 13.2 Å². The predicted octanol–water partition coefficient (Wildman–Crippen LogP) is 1.30. The first-order valence-corrected chi connectivity index (χ1v) is 6.35. The minimum absolute atomic E-state index is 0.0390. The second-order valence-electron chi connectivity index (χ2n) is 3.35. The summed E-state index contributed by atoms with van der Waals surface area (Å²) in [5, 5.41) is 12.6. The van der Waals surface area contributed by atoms with Crippen molar-refractivity contribution in [1.82, 2.24) is 10.3 Å². The first-order valence-electron chi connectivity index (χ1n) is 5.13. The fraction of sp³-hybridized carbons (Fsp3) is 0.455. The van der Waals surface area contributed by atoms with Gasteiger partial charge in [-0.05, 0) is 24.8 Å². The number of pyridine rings is 1. The average Bonchev–Trinajstić information content (AvgIpc) is 2.35. The van der Waals surface area contributed by atoms with Gasteiger partial charge in [-0.1, -0.05) is 6.92 Å². The molecule has 0 saturated heterocycles. The normalized spacial score (nSPS) is 12.2. The fourth-order valence-corrected chi connectivity index (χ4v) is 1.62. The number of amides is 1. The van der Waals surface area contributed by atoms with Gasteiger partial charge in [-0.2, -0.15) is 0 Å². The number of aliphatic hydroxyl groups excluding tert-OH is 1. The first-order chi connectivity index (χ1) is 7.71. The molecule has 2 N–H and O–H groups in total. The van der Waals surface area contributed by atoms with E-state index in [4.69, 9.17) is 5.11 Å². The largest absolute Gasteiger partial charge is 0.394 e. The lowest BCUT2D eigenvalue weighted by atomic mass is 10.2. The van der Waals surface area contributed by atoms with Gasteiger partial charge in [0.15, 0.2) is 0 Å². The Hall–Kier alpha value is -1.07. The van der Waals surface area contributed by atoms with E-state index in [1.54, 1.807) is 18.3 Å². The molecule has 0 bridgehead atoms. The van der Waals surface area contributed by atoms with Gasteiger partial charge in [-0.25, -0.2) is 4.98 Å². The summed E-state index contributed by atoms with van der Waals surface area (Å²) in [7, 11) is 0. The van der Waals surface area contributed by atoms with Gasteiger partial charge in [0, 0.05) is 11.8 Å². The quantitative estimate of drug-likeness (QED) is 0.762. The lowest BCUT2D eigenvalue weighted by Gasteiger charge is -2.13. The van der Waals surface area contributed by atoms with E-state index in [1.165, 1.54) is 11.8 Å². The standard InChI is InChI=1S/C11H16N2O2S/c1-3-9(7-14)13-11(15)8-4-5-12-10(6-8)16-2/h4-6,9,14H,3,7H2,1-2H3,(H,13,15). The Balaban J connectivity index is 2.72. The van der Waals surface area contributed by atoms with E-state index in [0.717, 1.165) is 5.03 Å². The molecule has 0 aromatic carbocycles. The molecule has 1 rings (SSSR count). The zero-order valence-corrected chi connectivity index (χ0v) is 10.3. The summed E-state index contributed by atoms with van der Waals surface area (Å²) >= 11 is 1.49. The Morgan fingerprint density at radius 1 is 1.69 bits per heavy atom. The number of thioether (sulfide) groups is 1. The molecule has 16 heavy (non-hydrogen) atoms. The maximum atomic E-state index is 11.8. The van der Waals surface area contributed by atoms with Gasteiger partial charge in [0.2, 0.25) is 0 Å². The molecule has 1 unspecified atom stereocenters. The Morgan fingerprint density at radius 3 is 3.00 bits per heavy atom. The minimum Gasteiger partial charge on any atom is -0.394 e. The van der Waals surface area contributed by atoms with Crippen molar-refractivity contribution in [1.29, 1.82) is 0 Å². The molecule has 0 aliphatic carbocycles. The van der Waals surface area contributed by atoms with E-state index in [2.05, 4.69) is 10.3 Å². The van der Waals surface area contributed by atoms with E-state index in [9.17, 15) is 4.79 Å². The predicted molar refractivity (Wildman–Crippen MR) is 64.6 cm³/mol. The molecule has 1 amide bonds. The van der Waals surface area contributed by atoms with Crippen molar-refractivity contribution in [3.8, 4) is 0 Å². The van der Waals surface area contributed by atoms with Gasteiger partial charge in [-0.15, -0.1) is 11.8 Å². The van der Waals surface area contributed by atoms with Gasteiger partial charge < -0.3 is 10.4 Å². The van der Waals surface area contributed by atoms with Crippen molar-refractivity contribution in [3.05, 3.63) is 23.9 Å². The summed E-state index contributed by atoms with van der Waals surface area (Å²) in [6.45, 7) is 1.88. The van der Waals surface area contributed by atoms with Crippen LogP contribution in [0.25, 0.3) is 0 Å². The number of nitrogens with zero attached hydrogens (tertiary/aromatic N) is 1. The van der Waals surface area contributed by atoms with Crippen LogP contribution in [0, 0.1) is 0 Å². The van der Waals surface area contributed by atoms with Crippen LogP contribution in [0.3, 0.4) is 0 Å². The van der Waals surface area contributed by atoms with E-state index in [-0.39, 0.29) is 18.6 Å². The summed E-state index contributed by atoms with van der Waals surface area (Å²) in [5.74, 6) is -0.168. The number of carbonyl (C=O) groups is 1. The molecule has 1 aromatic heterocycles. The van der Waals surface area contributed by atoms with Crippen molar-refractivity contribution < 1.29 is 9.90 Å². The highest BCUT2D eigenvalue weighted by Gasteiger charge is 2.11. The second-order valence-corrected chi connectivity index (χ2v) is 4.17. The first kappa shape index (κ1) is 13.0. The third-order valence-electron chi connectivity index (χ3n) is 2.25. The third kappa shape index (κ3) is 3.50. The Morgan fingerprint density at radius 2 is 2.44 bits per heavy atom. The number of nitrogens with one attached hydrogen (secondary N) is 1. The van der Waals surface area contributed by atoms with E-state index >= 15 is 0 Å². The molecular formula is C11H16N2O2S. The molecule has 1 atom stereocenters. The molecule has 0 aliphatic heterocycles. The smallest absolute Gasteiger partial charge is 0.251 e. The lowest BCUT2D eigenvalue weighted by molar-refractivity contribution is 0.0914. The Labute approximate surface area is 99.5 Å². The van der Waals surface area contributed by atoms with Gasteiger partial charge in [-0.3, -0.25) is 4.79 Å². The number of aromatic nitrogens is 1. The van der Waals surface area contributed by atoms with Crippen molar-refractivity contribution in [2.75, 3.05) is 12.9 Å². The van der Waals surface area contributed by atoms with Crippen molar-refractivity contribution >= 4 is 17.7 Å². The minimum atomic E-state index is -0.182. The molecule has 0 spiro atoms. The van der Waals surface area contributed by atoms with Gasteiger partial charge >= 0.3 is 0 Å². The molecule has 1 aromatic rings. The third-order valence-corrected chi connectivity index (χ3v) is 2.90. The number of aliphatic hydroxyl groups is 1. The highest BCUT2D eigenvalue weighted by molar-refractivity contribution is 7.98. The average molecular weight is 240 g/mol. The van der Waals surface area contributed by atoms with Crippen LogP contribution >= 0.6 is 11.8 Å². The highest BCUT2D eigenvalue weighted by Crippen LogP contribution is 2.12. The van der Waals surface area contributed by atoms with Crippen molar-refractivity contribution in [3.63, 3.8) is 0 Å². The molecule has 5 heteroatoms. The highest BCUT2D eigenvalue weighted by atomic mass is 32.2. The van der Waals surface area contributed by atoms with Crippen LogP contribution < -0.4 is 5.32 Å². The molecule has 0 radical (unpaired) electrons. The van der Waals surface area contributed by atoms with Crippen LogP contribution in [-0.4, -0.2) is 34.9 Å². The topological polar surface area (TPSA) is 62.2 Å². The fourth-order valence-electron chi connectivity index (χ4n) is 1.21. The van der Waals surface area contributed by atoms with Gasteiger partial charge in [0.25, 0.3) is 5.91 Å². The zero-order chi connectivity index (χ0) is 12.0. The summed E-state index contributed by atoms with van der Waals surface area (Å²) < 4.78 is 0. The van der Waals surface area contributed by atoms with Crippen LogP contribution in [0.15, 0.2) is 23.4 Å². The number of carbonyl (C=O) groups excluding carboxylic acids is 1. The molecule has 88 valence electrons. The molecule has 1 heterocycles. The summed E-state index contributed by atoms with van der Waals surface area (Å²) in [6.07, 6.45) is 4.23. The molecular weight excluding hydrogens is 224 g/mol. The van der Waals surface area contributed by atoms with Crippen LogP contribution in [0.1, 0.15) is 23.7 Å².